The number of nitrogens with two attached hydrogens (primary N) is 1. The minimum atomic E-state index is -4.28. The van der Waals surface area contributed by atoms with Crippen LogP contribution in [0.3, 0.4) is 0 Å². The van der Waals surface area contributed by atoms with Gasteiger partial charge in [-0.15, -0.1) is 0 Å². The van der Waals surface area contributed by atoms with Crippen LogP contribution in [0.4, 0.5) is 33.1 Å². The van der Waals surface area contributed by atoms with Gasteiger partial charge in [0.25, 0.3) is 10.0 Å². The summed E-state index contributed by atoms with van der Waals surface area (Å²) in [6, 6.07) is 22.3. The minimum absolute atomic E-state index is 0.0671. The van der Waals surface area contributed by atoms with Crippen LogP contribution in [0.2, 0.25) is 0 Å². The van der Waals surface area contributed by atoms with Crippen molar-refractivity contribution in [3.63, 3.8) is 0 Å². The van der Waals surface area contributed by atoms with E-state index in [2.05, 4.69) is 20.0 Å². The maximum absolute atomic E-state index is 14.9. The molecule has 1 amide bonds. The Hall–Kier alpha value is -5.43. The largest absolute Gasteiger partial charge is 0.497 e. The second kappa shape index (κ2) is 12.4. The lowest BCUT2D eigenvalue weighted by Crippen LogP contribution is -2.31. The van der Waals surface area contributed by atoms with Crippen molar-refractivity contribution in [3.05, 3.63) is 96.3 Å². The Morgan fingerprint density at radius 1 is 0.886 bits per heavy atom. The number of primary amides is 1. The highest BCUT2D eigenvalue weighted by molar-refractivity contribution is 7.92. The van der Waals surface area contributed by atoms with Crippen molar-refractivity contribution in [1.29, 1.82) is 0 Å². The van der Waals surface area contributed by atoms with Crippen LogP contribution in [-0.2, 0) is 14.8 Å². The number of anilines is 5. The molecule has 4 aromatic carbocycles. The number of benzene rings is 4. The monoisotopic (exact) mass is 616 g/mol. The third kappa shape index (κ3) is 6.63. The predicted molar refractivity (Wildman–Crippen MR) is 167 cm³/mol. The summed E-state index contributed by atoms with van der Waals surface area (Å²) in [5, 5.41) is 3.11. The number of hydrogen-bond donors (Lipinski definition) is 3. The standard InChI is InChI=1S/C31H29FN6O5S/c1-19-11-12-28(25(32)13-19)38(18-29(33)39)21-7-6-8-24(16-21)44(40,41)37-31-30(35-26-9-4-5-10-27(26)36-31)34-20-14-22(42-2)17-23(15-20)43-3/h4-17H,18H2,1-3H3,(H2,33,39)(H,34,35)(H,36,37). The van der Waals surface area contributed by atoms with Crippen molar-refractivity contribution in [1.82, 2.24) is 9.97 Å². The first-order valence-electron chi connectivity index (χ1n) is 13.3. The van der Waals surface area contributed by atoms with Crippen molar-refractivity contribution in [2.75, 3.05) is 35.7 Å². The Balaban J connectivity index is 1.55. The van der Waals surface area contributed by atoms with E-state index in [4.69, 9.17) is 15.2 Å². The van der Waals surface area contributed by atoms with Gasteiger partial charge in [-0.25, -0.2) is 22.8 Å². The van der Waals surface area contributed by atoms with Gasteiger partial charge in [0.05, 0.1) is 35.8 Å². The summed E-state index contributed by atoms with van der Waals surface area (Å²) in [6.07, 6.45) is 0. The number of hydrogen-bond acceptors (Lipinski definition) is 9. The van der Waals surface area contributed by atoms with Crippen LogP contribution in [0.1, 0.15) is 5.56 Å². The highest BCUT2D eigenvalue weighted by atomic mass is 32.2. The Morgan fingerprint density at radius 2 is 1.55 bits per heavy atom. The molecule has 0 aliphatic carbocycles. The van der Waals surface area contributed by atoms with E-state index in [0.29, 0.717) is 33.8 Å². The molecule has 44 heavy (non-hydrogen) atoms. The number of carbonyl (C=O) groups is 1. The van der Waals surface area contributed by atoms with E-state index in [1.165, 1.54) is 49.5 Å². The quantitative estimate of drug-likeness (QED) is 0.181. The zero-order valence-electron chi connectivity index (χ0n) is 24.0. The molecule has 13 heteroatoms. The van der Waals surface area contributed by atoms with E-state index >= 15 is 0 Å². The van der Waals surface area contributed by atoms with Crippen LogP contribution < -0.4 is 30.1 Å². The summed E-state index contributed by atoms with van der Waals surface area (Å²) in [7, 11) is -1.26. The first-order chi connectivity index (χ1) is 21.1. The fraction of sp³-hybridized carbons (Fsp3) is 0.129. The highest BCUT2D eigenvalue weighted by Crippen LogP contribution is 2.33. The van der Waals surface area contributed by atoms with Crippen LogP contribution in [-0.4, -0.2) is 45.1 Å². The van der Waals surface area contributed by atoms with Crippen LogP contribution in [0, 0.1) is 12.7 Å². The van der Waals surface area contributed by atoms with Crippen molar-refractivity contribution in [2.45, 2.75) is 11.8 Å². The zero-order chi connectivity index (χ0) is 31.4. The van der Waals surface area contributed by atoms with Crippen LogP contribution in [0.15, 0.2) is 89.8 Å². The number of ether oxygens (including phenoxy) is 2. The van der Waals surface area contributed by atoms with E-state index < -0.39 is 21.7 Å². The molecule has 5 aromatic rings. The topological polar surface area (TPSA) is 149 Å². The number of para-hydroxylation sites is 2. The predicted octanol–water partition coefficient (Wildman–Crippen LogP) is 5.26. The maximum Gasteiger partial charge on any atom is 0.263 e. The van der Waals surface area contributed by atoms with Crippen molar-refractivity contribution in [2.24, 2.45) is 5.73 Å². The van der Waals surface area contributed by atoms with E-state index in [0.717, 1.165) is 0 Å². The van der Waals surface area contributed by atoms with Gasteiger partial charge >= 0.3 is 0 Å². The lowest BCUT2D eigenvalue weighted by Gasteiger charge is -2.25. The number of sulfonamides is 1. The molecule has 0 spiro atoms. The molecule has 0 unspecified atom stereocenters. The third-order valence-corrected chi connectivity index (χ3v) is 7.90. The van der Waals surface area contributed by atoms with E-state index in [9.17, 15) is 17.6 Å². The number of carbonyl (C=O) groups excluding carboxylic acids is 1. The molecule has 11 nitrogen and oxygen atoms in total. The van der Waals surface area contributed by atoms with Gasteiger partial charge < -0.3 is 25.4 Å². The molecule has 226 valence electrons. The molecule has 4 N–H and O–H groups in total. The van der Waals surface area contributed by atoms with Crippen LogP contribution in [0.25, 0.3) is 11.0 Å². The molecule has 0 aliphatic heterocycles. The summed E-state index contributed by atoms with van der Waals surface area (Å²) in [5.41, 5.74) is 7.94. The molecule has 0 saturated carbocycles. The molecular weight excluding hydrogens is 587 g/mol. The van der Waals surface area contributed by atoms with Gasteiger partial charge in [0, 0.05) is 29.6 Å². The van der Waals surface area contributed by atoms with Crippen LogP contribution in [0.5, 0.6) is 11.5 Å². The molecule has 1 aromatic heterocycles. The first-order valence-corrected chi connectivity index (χ1v) is 14.8. The van der Waals surface area contributed by atoms with E-state index in [1.807, 2.05) is 0 Å². The Labute approximate surface area is 253 Å². The molecule has 5 rings (SSSR count). The summed E-state index contributed by atoms with van der Waals surface area (Å²) in [5.74, 6) is -0.262. The third-order valence-electron chi connectivity index (χ3n) is 6.56. The second-order valence-corrected chi connectivity index (χ2v) is 11.4. The molecule has 0 aliphatic rings. The smallest absolute Gasteiger partial charge is 0.263 e. The number of rotatable bonds is 11. The summed E-state index contributed by atoms with van der Waals surface area (Å²) < 4.78 is 55.7. The lowest BCUT2D eigenvalue weighted by atomic mass is 10.2. The Bertz CT molecular complexity index is 1950. The van der Waals surface area contributed by atoms with Crippen molar-refractivity contribution >= 4 is 55.7 Å². The number of nitrogens with one attached hydrogen (secondary N) is 2. The van der Waals surface area contributed by atoms with E-state index in [1.54, 1.807) is 61.5 Å². The van der Waals surface area contributed by atoms with Gasteiger partial charge in [-0.1, -0.05) is 24.3 Å². The van der Waals surface area contributed by atoms with Crippen molar-refractivity contribution < 1.29 is 27.1 Å². The number of nitrogens with zero attached hydrogens (tertiary/aromatic N) is 3. The molecule has 0 fully saturated rings. The van der Waals surface area contributed by atoms with Crippen molar-refractivity contribution in [3.8, 4) is 11.5 Å². The fourth-order valence-electron chi connectivity index (χ4n) is 4.48. The molecule has 0 bridgehead atoms. The van der Waals surface area contributed by atoms with Gasteiger partial charge in [0.2, 0.25) is 5.91 Å². The minimum Gasteiger partial charge on any atom is -0.497 e. The van der Waals surface area contributed by atoms with Crippen LogP contribution >= 0.6 is 0 Å². The molecule has 0 radical (unpaired) electrons. The fourth-order valence-corrected chi connectivity index (χ4v) is 5.53. The first kappa shape index (κ1) is 30.0. The Morgan fingerprint density at radius 3 is 2.16 bits per heavy atom. The SMILES string of the molecule is COc1cc(Nc2nc3ccccc3nc2NS(=O)(=O)c2cccc(N(CC(N)=O)c3ccc(C)cc3F)c2)cc(OC)c1. The summed E-state index contributed by atoms with van der Waals surface area (Å²) >= 11 is 0. The number of methoxy groups -OCH3 is 2. The average molecular weight is 617 g/mol. The van der Waals surface area contributed by atoms with E-state index in [-0.39, 0.29) is 34.5 Å². The molecular formula is C31H29FN6O5S. The molecule has 0 atom stereocenters. The number of halogens is 1. The summed E-state index contributed by atoms with van der Waals surface area (Å²) in [4.78, 5) is 22.2. The normalized spacial score (nSPS) is 11.2. The number of amides is 1. The van der Waals surface area contributed by atoms with Gasteiger partial charge in [0.1, 0.15) is 23.9 Å². The lowest BCUT2D eigenvalue weighted by molar-refractivity contribution is -0.116. The maximum atomic E-state index is 14.9. The second-order valence-electron chi connectivity index (χ2n) is 9.75. The number of aromatic nitrogens is 2. The van der Waals surface area contributed by atoms with Gasteiger partial charge in [-0.3, -0.25) is 9.52 Å². The molecule has 1 heterocycles. The Kier molecular flexibility index (Phi) is 8.49. The van der Waals surface area contributed by atoms with Gasteiger partial charge in [0.15, 0.2) is 11.6 Å². The summed E-state index contributed by atoms with van der Waals surface area (Å²) in [6.45, 7) is 1.35. The van der Waals surface area contributed by atoms with Gasteiger partial charge in [-0.2, -0.15) is 0 Å². The average Bonchev–Trinajstić information content (AvgIpc) is 3.00. The number of fused-ring (bicyclic) bond motifs is 1. The molecule has 0 saturated heterocycles. The zero-order valence-corrected chi connectivity index (χ0v) is 24.9. The number of aryl methyl sites for hydroxylation is 1. The highest BCUT2D eigenvalue weighted by Gasteiger charge is 2.23. The van der Waals surface area contributed by atoms with Gasteiger partial charge in [-0.05, 0) is 55.0 Å².